The van der Waals surface area contributed by atoms with Crippen molar-refractivity contribution in [2.24, 2.45) is 5.41 Å². The summed E-state index contributed by atoms with van der Waals surface area (Å²) < 4.78 is 0. The Bertz CT molecular complexity index is 407. The van der Waals surface area contributed by atoms with Crippen molar-refractivity contribution in [3.63, 3.8) is 0 Å². The molecule has 2 N–H and O–H groups in total. The number of nitrogens with one attached hydrogen (secondary N) is 2. The van der Waals surface area contributed by atoms with Crippen LogP contribution >= 0.6 is 12.2 Å². The normalized spacial score (nSPS) is 12.9. The summed E-state index contributed by atoms with van der Waals surface area (Å²) >= 11 is 5.37. The molecule has 0 saturated carbocycles. The maximum Gasteiger partial charge on any atom is 0.171 e. The van der Waals surface area contributed by atoms with Crippen LogP contribution in [0.1, 0.15) is 40.2 Å². The second kappa shape index (κ2) is 6.19. The highest BCUT2D eigenvalue weighted by atomic mass is 32.1. The van der Waals surface area contributed by atoms with Crippen LogP contribution in [0.25, 0.3) is 0 Å². The van der Waals surface area contributed by atoms with Crippen LogP contribution < -0.4 is 10.6 Å². The SMILES string of the molecule is CCc1ccccc1NC(=S)N[C@@H](C)C(C)(C)C. The number of benzene rings is 1. The van der Waals surface area contributed by atoms with Gasteiger partial charge in [-0.2, -0.15) is 0 Å². The van der Waals surface area contributed by atoms with E-state index in [4.69, 9.17) is 12.2 Å². The summed E-state index contributed by atoms with van der Waals surface area (Å²) in [6.45, 7) is 10.9. The number of thiocarbonyl (C=S) groups is 1. The van der Waals surface area contributed by atoms with E-state index in [0.29, 0.717) is 11.2 Å². The predicted molar refractivity (Wildman–Crippen MR) is 84.1 cm³/mol. The number of hydrogen-bond donors (Lipinski definition) is 2. The first-order valence-electron chi connectivity index (χ1n) is 6.50. The number of hydrogen-bond acceptors (Lipinski definition) is 1. The Balaban J connectivity index is 2.65. The maximum atomic E-state index is 5.37. The second-order valence-corrected chi connectivity index (χ2v) is 6.11. The van der Waals surface area contributed by atoms with Gasteiger partial charge in [-0.25, -0.2) is 0 Å². The van der Waals surface area contributed by atoms with E-state index in [1.54, 1.807) is 0 Å². The topological polar surface area (TPSA) is 24.1 Å². The van der Waals surface area contributed by atoms with Crippen molar-refractivity contribution in [1.82, 2.24) is 5.32 Å². The lowest BCUT2D eigenvalue weighted by Gasteiger charge is -2.29. The van der Waals surface area contributed by atoms with Crippen molar-refractivity contribution in [1.29, 1.82) is 0 Å². The Morgan fingerprint density at radius 3 is 2.44 bits per heavy atom. The summed E-state index contributed by atoms with van der Waals surface area (Å²) in [7, 11) is 0. The average Bonchev–Trinajstić information content (AvgIpc) is 2.28. The molecular formula is C15H24N2S. The van der Waals surface area contributed by atoms with Gasteiger partial charge >= 0.3 is 0 Å². The van der Waals surface area contributed by atoms with Gasteiger partial charge < -0.3 is 10.6 Å². The summed E-state index contributed by atoms with van der Waals surface area (Å²) in [5.41, 5.74) is 2.57. The number of para-hydroxylation sites is 1. The van der Waals surface area contributed by atoms with Crippen LogP contribution in [0.3, 0.4) is 0 Å². The summed E-state index contributed by atoms with van der Waals surface area (Å²) in [6, 6.07) is 8.59. The third kappa shape index (κ3) is 4.30. The molecule has 0 unspecified atom stereocenters. The molecule has 0 heterocycles. The summed E-state index contributed by atoms with van der Waals surface area (Å²) in [5, 5.41) is 7.32. The third-order valence-corrected chi connectivity index (χ3v) is 3.51. The van der Waals surface area contributed by atoms with E-state index in [9.17, 15) is 0 Å². The molecule has 1 rings (SSSR count). The fraction of sp³-hybridized carbons (Fsp3) is 0.533. The minimum absolute atomic E-state index is 0.190. The van der Waals surface area contributed by atoms with E-state index in [0.717, 1.165) is 12.1 Å². The van der Waals surface area contributed by atoms with Crippen LogP contribution in [0.2, 0.25) is 0 Å². The van der Waals surface area contributed by atoms with Gasteiger partial charge in [-0.1, -0.05) is 45.9 Å². The van der Waals surface area contributed by atoms with E-state index in [-0.39, 0.29) is 5.41 Å². The Morgan fingerprint density at radius 1 is 1.28 bits per heavy atom. The van der Waals surface area contributed by atoms with E-state index >= 15 is 0 Å². The lowest BCUT2D eigenvalue weighted by molar-refractivity contribution is 0.317. The molecule has 2 nitrogen and oxygen atoms in total. The van der Waals surface area contributed by atoms with Gasteiger partial charge in [-0.05, 0) is 42.6 Å². The summed E-state index contributed by atoms with van der Waals surface area (Å²) in [4.78, 5) is 0. The van der Waals surface area contributed by atoms with Gasteiger partial charge in [-0.3, -0.25) is 0 Å². The van der Waals surface area contributed by atoms with Crippen LogP contribution in [0.15, 0.2) is 24.3 Å². The van der Waals surface area contributed by atoms with Crippen LogP contribution in [0.4, 0.5) is 5.69 Å². The van der Waals surface area contributed by atoms with Crippen molar-refractivity contribution < 1.29 is 0 Å². The lowest BCUT2D eigenvalue weighted by Crippen LogP contribution is -2.43. The van der Waals surface area contributed by atoms with E-state index in [1.165, 1.54) is 5.56 Å². The van der Waals surface area contributed by atoms with Crippen molar-refractivity contribution in [3.05, 3.63) is 29.8 Å². The fourth-order valence-electron chi connectivity index (χ4n) is 1.52. The molecule has 0 spiro atoms. The number of rotatable bonds is 3. The smallest absolute Gasteiger partial charge is 0.171 e. The van der Waals surface area contributed by atoms with Crippen LogP contribution in [0.5, 0.6) is 0 Å². The van der Waals surface area contributed by atoms with Gasteiger partial charge in [0.05, 0.1) is 0 Å². The highest BCUT2D eigenvalue weighted by Crippen LogP contribution is 2.19. The van der Waals surface area contributed by atoms with Gasteiger partial charge in [0.1, 0.15) is 0 Å². The molecule has 0 aliphatic rings. The number of aryl methyl sites for hydroxylation is 1. The third-order valence-electron chi connectivity index (χ3n) is 3.29. The van der Waals surface area contributed by atoms with Gasteiger partial charge in [0.2, 0.25) is 0 Å². The van der Waals surface area contributed by atoms with Crippen molar-refractivity contribution in [2.75, 3.05) is 5.32 Å². The lowest BCUT2D eigenvalue weighted by atomic mass is 9.88. The van der Waals surface area contributed by atoms with Crippen molar-refractivity contribution in [3.8, 4) is 0 Å². The molecule has 0 radical (unpaired) electrons. The Kier molecular flexibility index (Phi) is 5.15. The molecule has 0 aliphatic heterocycles. The van der Waals surface area contributed by atoms with Gasteiger partial charge in [0.15, 0.2) is 5.11 Å². The molecule has 1 atom stereocenters. The Hall–Kier alpha value is -1.09. The van der Waals surface area contributed by atoms with E-state index < -0.39 is 0 Å². The zero-order chi connectivity index (χ0) is 13.8. The van der Waals surface area contributed by atoms with Crippen LogP contribution in [0, 0.1) is 5.41 Å². The molecule has 0 saturated heterocycles. The van der Waals surface area contributed by atoms with Gasteiger partial charge in [0, 0.05) is 11.7 Å². The minimum atomic E-state index is 0.190. The molecule has 1 aromatic carbocycles. The molecule has 0 aromatic heterocycles. The monoisotopic (exact) mass is 264 g/mol. The Labute approximate surface area is 116 Å². The van der Waals surface area contributed by atoms with E-state index in [2.05, 4.69) is 63.5 Å². The zero-order valence-electron chi connectivity index (χ0n) is 12.0. The minimum Gasteiger partial charge on any atom is -0.359 e. The van der Waals surface area contributed by atoms with Crippen molar-refractivity contribution in [2.45, 2.75) is 47.1 Å². The summed E-state index contributed by atoms with van der Waals surface area (Å²) in [5.74, 6) is 0. The highest BCUT2D eigenvalue weighted by Gasteiger charge is 2.20. The van der Waals surface area contributed by atoms with E-state index in [1.807, 2.05) is 6.07 Å². The van der Waals surface area contributed by atoms with Crippen LogP contribution in [-0.4, -0.2) is 11.2 Å². The molecule has 3 heteroatoms. The molecule has 1 aromatic rings. The highest BCUT2D eigenvalue weighted by molar-refractivity contribution is 7.80. The largest absolute Gasteiger partial charge is 0.359 e. The molecule has 18 heavy (non-hydrogen) atoms. The molecule has 0 fully saturated rings. The maximum absolute atomic E-state index is 5.37. The molecule has 0 aliphatic carbocycles. The van der Waals surface area contributed by atoms with Gasteiger partial charge in [0.25, 0.3) is 0 Å². The quantitative estimate of drug-likeness (QED) is 0.808. The first kappa shape index (κ1) is 15.0. The molecular weight excluding hydrogens is 240 g/mol. The fourth-order valence-corrected chi connectivity index (χ4v) is 1.81. The first-order chi connectivity index (χ1) is 8.34. The molecule has 0 amide bonds. The zero-order valence-corrected chi connectivity index (χ0v) is 12.8. The second-order valence-electron chi connectivity index (χ2n) is 5.70. The molecule has 100 valence electrons. The first-order valence-corrected chi connectivity index (χ1v) is 6.91. The summed E-state index contributed by atoms with van der Waals surface area (Å²) in [6.07, 6.45) is 1.00. The molecule has 0 bridgehead atoms. The number of anilines is 1. The Morgan fingerprint density at radius 2 is 1.89 bits per heavy atom. The average molecular weight is 264 g/mol. The standard InChI is InChI=1S/C15H24N2S/c1-6-12-9-7-8-10-13(12)17-14(18)16-11(2)15(3,4)5/h7-11H,6H2,1-5H3,(H2,16,17,18)/t11-/m0/s1. The van der Waals surface area contributed by atoms with Crippen molar-refractivity contribution >= 4 is 23.0 Å². The van der Waals surface area contributed by atoms with Gasteiger partial charge in [-0.15, -0.1) is 0 Å². The predicted octanol–water partition coefficient (Wildman–Crippen LogP) is 3.97. The van der Waals surface area contributed by atoms with Crippen LogP contribution in [-0.2, 0) is 6.42 Å².